The SMILES string of the molecule is CN(C)C(C)(CO)CCc1ccc(C(=O)CCCCc2ccccc2)s1. The molecule has 0 aliphatic rings. The molecular formula is C22H31NO2S. The van der Waals surface area contributed by atoms with Crippen LogP contribution in [0.3, 0.4) is 0 Å². The second kappa shape index (κ2) is 10.0. The van der Waals surface area contributed by atoms with Crippen molar-refractivity contribution in [2.24, 2.45) is 0 Å². The van der Waals surface area contributed by atoms with Crippen molar-refractivity contribution >= 4 is 17.1 Å². The van der Waals surface area contributed by atoms with Gasteiger partial charge in [-0.3, -0.25) is 4.79 Å². The fraction of sp³-hybridized carbons (Fsp3) is 0.500. The molecule has 2 aromatic rings. The molecule has 0 aliphatic carbocycles. The Bertz CT molecular complexity index is 680. The highest BCUT2D eigenvalue weighted by molar-refractivity contribution is 7.14. The van der Waals surface area contributed by atoms with E-state index in [1.165, 1.54) is 10.4 Å². The summed E-state index contributed by atoms with van der Waals surface area (Å²) in [6, 6.07) is 14.5. The maximum absolute atomic E-state index is 12.4. The molecule has 26 heavy (non-hydrogen) atoms. The van der Waals surface area contributed by atoms with Gasteiger partial charge in [-0.05, 0) is 70.8 Å². The highest BCUT2D eigenvalue weighted by Crippen LogP contribution is 2.24. The third kappa shape index (κ3) is 6.04. The largest absolute Gasteiger partial charge is 0.394 e. The molecule has 0 saturated carbocycles. The molecule has 1 atom stereocenters. The van der Waals surface area contributed by atoms with Gasteiger partial charge in [0.2, 0.25) is 0 Å². The van der Waals surface area contributed by atoms with Crippen LogP contribution in [0.15, 0.2) is 42.5 Å². The number of hydrogen-bond acceptors (Lipinski definition) is 4. The maximum atomic E-state index is 12.4. The lowest BCUT2D eigenvalue weighted by Crippen LogP contribution is -2.44. The molecule has 1 heterocycles. The van der Waals surface area contributed by atoms with Crippen LogP contribution in [-0.2, 0) is 12.8 Å². The molecule has 1 aromatic heterocycles. The van der Waals surface area contributed by atoms with Gasteiger partial charge in [0.05, 0.1) is 11.5 Å². The summed E-state index contributed by atoms with van der Waals surface area (Å²) < 4.78 is 0. The summed E-state index contributed by atoms with van der Waals surface area (Å²) in [6.45, 7) is 2.21. The molecule has 0 radical (unpaired) electrons. The number of ketones is 1. The molecule has 1 aromatic carbocycles. The topological polar surface area (TPSA) is 40.5 Å². The van der Waals surface area contributed by atoms with Crippen LogP contribution in [0.1, 0.15) is 52.7 Å². The summed E-state index contributed by atoms with van der Waals surface area (Å²) in [5.74, 6) is 0.256. The van der Waals surface area contributed by atoms with Gasteiger partial charge in [-0.25, -0.2) is 0 Å². The van der Waals surface area contributed by atoms with Gasteiger partial charge in [-0.1, -0.05) is 30.3 Å². The third-order valence-electron chi connectivity index (χ3n) is 5.23. The molecule has 0 saturated heterocycles. The number of benzene rings is 1. The molecule has 0 bridgehead atoms. The molecule has 1 N–H and O–H groups in total. The van der Waals surface area contributed by atoms with Crippen molar-refractivity contribution < 1.29 is 9.90 Å². The number of aliphatic hydroxyl groups is 1. The van der Waals surface area contributed by atoms with Gasteiger partial charge in [0.1, 0.15) is 0 Å². The van der Waals surface area contributed by atoms with E-state index in [0.717, 1.165) is 37.0 Å². The average molecular weight is 374 g/mol. The highest BCUT2D eigenvalue weighted by atomic mass is 32.1. The van der Waals surface area contributed by atoms with E-state index in [1.807, 2.05) is 26.2 Å². The second-order valence-electron chi connectivity index (χ2n) is 7.43. The first-order valence-corrected chi connectivity index (χ1v) is 10.2. The number of aryl methyl sites for hydroxylation is 2. The van der Waals surface area contributed by atoms with Crippen LogP contribution in [0, 0.1) is 0 Å². The zero-order valence-electron chi connectivity index (χ0n) is 16.2. The molecule has 2 rings (SSSR count). The average Bonchev–Trinajstić information content (AvgIpc) is 3.13. The van der Waals surface area contributed by atoms with Gasteiger partial charge in [0.25, 0.3) is 0 Å². The van der Waals surface area contributed by atoms with Crippen LogP contribution in [-0.4, -0.2) is 42.0 Å². The number of Topliss-reactive ketones (excluding diaryl/α,β-unsaturated/α-hetero) is 1. The number of thiophene rings is 1. The minimum absolute atomic E-state index is 0.137. The Hall–Kier alpha value is -1.49. The Morgan fingerprint density at radius 2 is 1.81 bits per heavy atom. The van der Waals surface area contributed by atoms with Crippen LogP contribution in [0.2, 0.25) is 0 Å². The number of rotatable bonds is 11. The first-order valence-electron chi connectivity index (χ1n) is 9.39. The van der Waals surface area contributed by atoms with Crippen molar-refractivity contribution in [3.8, 4) is 0 Å². The van der Waals surface area contributed by atoms with E-state index in [2.05, 4.69) is 42.2 Å². The number of hydrogen-bond donors (Lipinski definition) is 1. The van der Waals surface area contributed by atoms with Crippen molar-refractivity contribution in [2.45, 2.75) is 51.0 Å². The molecule has 0 aliphatic heterocycles. The van der Waals surface area contributed by atoms with E-state index in [0.29, 0.717) is 6.42 Å². The number of nitrogens with zero attached hydrogens (tertiary/aromatic N) is 1. The molecule has 0 amide bonds. The van der Waals surface area contributed by atoms with Crippen molar-refractivity contribution in [1.29, 1.82) is 0 Å². The Balaban J connectivity index is 1.76. The summed E-state index contributed by atoms with van der Waals surface area (Å²) in [7, 11) is 3.99. The van der Waals surface area contributed by atoms with Crippen LogP contribution < -0.4 is 0 Å². The molecular weight excluding hydrogens is 342 g/mol. The summed E-state index contributed by atoms with van der Waals surface area (Å²) in [5.41, 5.74) is 1.12. The zero-order valence-corrected chi connectivity index (χ0v) is 17.0. The van der Waals surface area contributed by atoms with E-state index < -0.39 is 0 Å². The van der Waals surface area contributed by atoms with Gasteiger partial charge in [0, 0.05) is 16.8 Å². The zero-order chi connectivity index (χ0) is 19.0. The highest BCUT2D eigenvalue weighted by Gasteiger charge is 2.25. The predicted molar refractivity (Wildman–Crippen MR) is 110 cm³/mol. The maximum Gasteiger partial charge on any atom is 0.172 e. The lowest BCUT2D eigenvalue weighted by Gasteiger charge is -2.34. The normalized spacial score (nSPS) is 13.7. The van der Waals surface area contributed by atoms with Gasteiger partial charge in [-0.15, -0.1) is 11.3 Å². The molecule has 4 heteroatoms. The van der Waals surface area contributed by atoms with Crippen LogP contribution in [0.4, 0.5) is 0 Å². The number of likely N-dealkylation sites (N-methyl/N-ethyl adjacent to an activating group) is 1. The Morgan fingerprint density at radius 1 is 1.08 bits per heavy atom. The second-order valence-corrected chi connectivity index (χ2v) is 8.60. The van der Waals surface area contributed by atoms with E-state index in [1.54, 1.807) is 11.3 Å². The van der Waals surface area contributed by atoms with Crippen molar-refractivity contribution in [3.63, 3.8) is 0 Å². The molecule has 0 spiro atoms. The van der Waals surface area contributed by atoms with Crippen LogP contribution in [0.5, 0.6) is 0 Å². The Labute approximate surface area is 161 Å². The number of aliphatic hydroxyl groups excluding tert-OH is 1. The van der Waals surface area contributed by atoms with Crippen molar-refractivity contribution in [2.75, 3.05) is 20.7 Å². The fourth-order valence-corrected chi connectivity index (χ4v) is 3.86. The Morgan fingerprint density at radius 3 is 2.46 bits per heavy atom. The van der Waals surface area contributed by atoms with E-state index >= 15 is 0 Å². The lowest BCUT2D eigenvalue weighted by molar-refractivity contribution is 0.0768. The first-order chi connectivity index (χ1) is 12.4. The number of carbonyl (C=O) groups is 1. The molecule has 1 unspecified atom stereocenters. The molecule has 3 nitrogen and oxygen atoms in total. The van der Waals surface area contributed by atoms with E-state index in [4.69, 9.17) is 0 Å². The predicted octanol–water partition coefficient (Wildman–Crippen LogP) is 4.59. The minimum Gasteiger partial charge on any atom is -0.394 e. The molecule has 142 valence electrons. The quantitative estimate of drug-likeness (QED) is 0.463. The van der Waals surface area contributed by atoms with Gasteiger partial charge < -0.3 is 10.0 Å². The summed E-state index contributed by atoms with van der Waals surface area (Å²) in [4.78, 5) is 16.6. The minimum atomic E-state index is -0.217. The summed E-state index contributed by atoms with van der Waals surface area (Å²) in [6.07, 6.45) is 5.41. The monoisotopic (exact) mass is 373 g/mol. The summed E-state index contributed by atoms with van der Waals surface area (Å²) >= 11 is 1.61. The number of carbonyl (C=O) groups excluding carboxylic acids is 1. The van der Waals surface area contributed by atoms with Crippen LogP contribution in [0.25, 0.3) is 0 Å². The van der Waals surface area contributed by atoms with E-state index in [-0.39, 0.29) is 17.9 Å². The third-order valence-corrected chi connectivity index (χ3v) is 6.41. The fourth-order valence-electron chi connectivity index (χ4n) is 2.88. The first kappa shape index (κ1) is 20.8. The standard InChI is InChI=1S/C22H31NO2S/c1-22(17-24,23(2)3)16-15-19-13-14-21(26-19)20(25)12-8-7-11-18-9-5-4-6-10-18/h4-6,9-10,13-14,24H,7-8,11-12,15-17H2,1-3H3. The molecule has 0 fully saturated rings. The van der Waals surface area contributed by atoms with Gasteiger partial charge in [0.15, 0.2) is 5.78 Å². The number of unbranched alkanes of at least 4 members (excludes halogenated alkanes) is 1. The smallest absolute Gasteiger partial charge is 0.172 e. The van der Waals surface area contributed by atoms with Crippen LogP contribution >= 0.6 is 11.3 Å². The van der Waals surface area contributed by atoms with Gasteiger partial charge in [-0.2, -0.15) is 0 Å². The lowest BCUT2D eigenvalue weighted by atomic mass is 9.95. The van der Waals surface area contributed by atoms with Gasteiger partial charge >= 0.3 is 0 Å². The van der Waals surface area contributed by atoms with E-state index in [9.17, 15) is 9.90 Å². The van der Waals surface area contributed by atoms with Crippen molar-refractivity contribution in [3.05, 3.63) is 57.8 Å². The Kier molecular flexibility index (Phi) is 8.01. The summed E-state index contributed by atoms with van der Waals surface area (Å²) in [5, 5.41) is 9.64. The van der Waals surface area contributed by atoms with Crippen molar-refractivity contribution in [1.82, 2.24) is 4.90 Å².